The van der Waals surface area contributed by atoms with Crippen LogP contribution in [0.2, 0.25) is 0 Å². The number of thiazole rings is 1. The molecule has 1 amide bonds. The molecule has 0 bridgehead atoms. The lowest BCUT2D eigenvalue weighted by Gasteiger charge is -2.10. The number of halogens is 3. The van der Waals surface area contributed by atoms with Gasteiger partial charge in [-0.2, -0.15) is 0 Å². The molecule has 1 aromatic carbocycles. The third-order valence-electron chi connectivity index (χ3n) is 3.92. The van der Waals surface area contributed by atoms with Crippen LogP contribution in [0.1, 0.15) is 13.3 Å². The van der Waals surface area contributed by atoms with Gasteiger partial charge in [-0.05, 0) is 31.5 Å². The maximum Gasteiger partial charge on any atom is 0.235 e. The van der Waals surface area contributed by atoms with Gasteiger partial charge in [0.25, 0.3) is 0 Å². The van der Waals surface area contributed by atoms with Gasteiger partial charge in [0.1, 0.15) is 15.9 Å². The average Bonchev–Trinajstić information content (AvgIpc) is 2.85. The van der Waals surface area contributed by atoms with Crippen LogP contribution in [0.15, 0.2) is 23.6 Å². The van der Waals surface area contributed by atoms with Crippen molar-refractivity contribution in [1.29, 1.82) is 0 Å². The number of nitrogens with one attached hydrogen (secondary N) is 1. The van der Waals surface area contributed by atoms with Gasteiger partial charge in [-0.3, -0.25) is 4.79 Å². The summed E-state index contributed by atoms with van der Waals surface area (Å²) in [5.74, 6) is -0.169. The van der Waals surface area contributed by atoms with Crippen molar-refractivity contribution < 1.29 is 13.9 Å². The topological polar surface area (TPSA) is 51.2 Å². The molecule has 4 nitrogen and oxygen atoms in total. The van der Waals surface area contributed by atoms with Gasteiger partial charge in [-0.25, -0.2) is 9.37 Å². The van der Waals surface area contributed by atoms with Crippen molar-refractivity contribution in [3.63, 3.8) is 0 Å². The number of hydrogen-bond acceptors (Lipinski definition) is 4. The first-order chi connectivity index (χ1) is 10.8. The monoisotopic (exact) mass is 374 g/mol. The van der Waals surface area contributed by atoms with Crippen LogP contribution in [0.5, 0.6) is 5.75 Å². The van der Waals surface area contributed by atoms with Crippen LogP contribution in [-0.2, 0) is 4.79 Å². The van der Waals surface area contributed by atoms with E-state index in [2.05, 4.69) is 10.3 Å². The molecule has 0 radical (unpaired) electrons. The summed E-state index contributed by atoms with van der Waals surface area (Å²) in [5.41, 5.74) is 0.218. The number of rotatable bonds is 4. The van der Waals surface area contributed by atoms with Gasteiger partial charge in [0.15, 0.2) is 5.13 Å². The van der Waals surface area contributed by atoms with E-state index in [4.69, 9.17) is 27.9 Å². The van der Waals surface area contributed by atoms with Crippen LogP contribution in [0.3, 0.4) is 0 Å². The Kier molecular flexibility index (Phi) is 4.02. The zero-order valence-electron chi connectivity index (χ0n) is 12.3. The second-order valence-electron chi connectivity index (χ2n) is 5.55. The fraction of sp³-hybridized carbons (Fsp3) is 0.333. The number of amides is 1. The zero-order chi connectivity index (χ0) is 16.8. The predicted octanol–water partition coefficient (Wildman–Crippen LogP) is 4.48. The summed E-state index contributed by atoms with van der Waals surface area (Å²) in [7, 11) is 1.50. The first-order valence-electron chi connectivity index (χ1n) is 6.75. The molecule has 1 aromatic heterocycles. The number of benzene rings is 1. The van der Waals surface area contributed by atoms with Gasteiger partial charge in [0.05, 0.1) is 18.2 Å². The smallest absolute Gasteiger partial charge is 0.235 e. The first-order valence-corrected chi connectivity index (χ1v) is 8.39. The summed E-state index contributed by atoms with van der Waals surface area (Å²) < 4.78 is 17.6. The van der Waals surface area contributed by atoms with E-state index in [0.717, 1.165) is 0 Å². The van der Waals surface area contributed by atoms with Gasteiger partial charge >= 0.3 is 0 Å². The minimum atomic E-state index is -1.04. The van der Waals surface area contributed by atoms with Crippen LogP contribution in [0, 0.1) is 11.2 Å². The van der Waals surface area contributed by atoms with E-state index in [1.54, 1.807) is 12.3 Å². The molecule has 1 heterocycles. The highest BCUT2D eigenvalue weighted by atomic mass is 35.5. The second-order valence-corrected chi connectivity index (χ2v) is 7.89. The van der Waals surface area contributed by atoms with Crippen LogP contribution in [0.25, 0.3) is 11.3 Å². The van der Waals surface area contributed by atoms with Gasteiger partial charge in [0.2, 0.25) is 5.91 Å². The van der Waals surface area contributed by atoms with Crippen molar-refractivity contribution in [2.75, 3.05) is 12.4 Å². The lowest BCUT2D eigenvalue weighted by molar-refractivity contribution is -0.120. The number of nitrogens with zero attached hydrogens (tertiary/aromatic N) is 1. The summed E-state index contributed by atoms with van der Waals surface area (Å²) in [6, 6.07) is 4.18. The van der Waals surface area contributed by atoms with Gasteiger partial charge in [-0.15, -0.1) is 34.5 Å². The van der Waals surface area contributed by atoms with Gasteiger partial charge < -0.3 is 10.1 Å². The summed E-state index contributed by atoms with van der Waals surface area (Å²) in [4.78, 5) is 16.6. The molecule has 0 aliphatic heterocycles. The number of carbonyl (C=O) groups excluding carboxylic acids is 1. The minimum absolute atomic E-state index is 0.283. The van der Waals surface area contributed by atoms with E-state index in [-0.39, 0.29) is 11.7 Å². The predicted molar refractivity (Wildman–Crippen MR) is 89.9 cm³/mol. The average molecular weight is 375 g/mol. The van der Waals surface area contributed by atoms with E-state index < -0.39 is 9.75 Å². The Hall–Kier alpha value is -1.37. The standard InChI is InChI=1S/C15H13Cl2FN2O2S/c1-14(7-15(14,16)17)12(21)20-13-19-10(6-23-13)9-5-8(18)3-4-11(9)22-2/h3-6H,7H2,1-2H3,(H,19,20,21)/t14-/m0/s1. The normalized spacial score (nSPS) is 21.8. The highest BCUT2D eigenvalue weighted by molar-refractivity contribution is 7.14. The molecule has 1 saturated carbocycles. The number of methoxy groups -OCH3 is 1. The third kappa shape index (κ3) is 2.91. The molecule has 8 heteroatoms. The number of ether oxygens (including phenoxy) is 1. The molecule has 23 heavy (non-hydrogen) atoms. The Morgan fingerprint density at radius 1 is 1.48 bits per heavy atom. The third-order valence-corrected chi connectivity index (χ3v) is 5.78. The molecule has 1 aliphatic carbocycles. The maximum absolute atomic E-state index is 13.5. The van der Waals surface area contributed by atoms with Crippen LogP contribution in [0.4, 0.5) is 9.52 Å². The molecule has 1 aliphatic rings. The van der Waals surface area contributed by atoms with E-state index in [9.17, 15) is 9.18 Å². The number of aromatic nitrogens is 1. The van der Waals surface area contributed by atoms with E-state index in [1.165, 1.54) is 36.6 Å². The molecule has 1 atom stereocenters. The molecule has 2 aromatic rings. The molecule has 0 saturated heterocycles. The first kappa shape index (κ1) is 16.5. The molecule has 3 rings (SSSR count). The Labute approximate surface area is 146 Å². The molecule has 1 fully saturated rings. The van der Waals surface area contributed by atoms with E-state index in [0.29, 0.717) is 28.6 Å². The summed E-state index contributed by atoms with van der Waals surface area (Å²) >= 11 is 13.2. The van der Waals surface area contributed by atoms with Gasteiger partial charge in [-0.1, -0.05) is 0 Å². The largest absolute Gasteiger partial charge is 0.496 e. The van der Waals surface area contributed by atoms with Crippen molar-refractivity contribution in [3.05, 3.63) is 29.4 Å². The Morgan fingerprint density at radius 3 is 2.78 bits per heavy atom. The Morgan fingerprint density at radius 2 is 2.17 bits per heavy atom. The van der Waals surface area contributed by atoms with Crippen LogP contribution in [-0.4, -0.2) is 22.3 Å². The summed E-state index contributed by atoms with van der Waals surface area (Å²) in [6.07, 6.45) is 0.394. The molecule has 1 N–H and O–H groups in total. The SMILES string of the molecule is COc1ccc(F)cc1-c1csc(NC(=O)[C@]2(C)CC2(Cl)Cl)n1. The Bertz CT molecular complexity index is 781. The molecular weight excluding hydrogens is 362 g/mol. The lowest BCUT2D eigenvalue weighted by atomic mass is 10.1. The highest BCUT2D eigenvalue weighted by Gasteiger charge is 2.68. The highest BCUT2D eigenvalue weighted by Crippen LogP contribution is 2.64. The summed E-state index contributed by atoms with van der Waals surface area (Å²) in [5, 5.41) is 4.82. The molecule has 0 unspecified atom stereocenters. The van der Waals surface area contributed by atoms with Crippen LogP contribution < -0.4 is 10.1 Å². The van der Waals surface area contributed by atoms with E-state index >= 15 is 0 Å². The molecule has 122 valence electrons. The quantitative estimate of drug-likeness (QED) is 0.802. The number of carbonyl (C=O) groups is 1. The second kappa shape index (κ2) is 5.61. The van der Waals surface area contributed by atoms with Crippen LogP contribution >= 0.6 is 34.5 Å². The zero-order valence-corrected chi connectivity index (χ0v) is 14.7. The number of hydrogen-bond donors (Lipinski definition) is 1. The summed E-state index contributed by atoms with van der Waals surface area (Å²) in [6.45, 7) is 1.70. The van der Waals surface area contributed by atoms with Gasteiger partial charge in [0, 0.05) is 10.9 Å². The fourth-order valence-corrected chi connectivity index (χ4v) is 3.63. The number of alkyl halides is 2. The van der Waals surface area contributed by atoms with Crippen molar-refractivity contribution in [3.8, 4) is 17.0 Å². The van der Waals surface area contributed by atoms with E-state index in [1.807, 2.05) is 0 Å². The fourth-order valence-electron chi connectivity index (χ4n) is 2.22. The van der Waals surface area contributed by atoms with Crippen molar-refractivity contribution in [2.24, 2.45) is 5.41 Å². The van der Waals surface area contributed by atoms with Crippen molar-refractivity contribution >= 4 is 45.6 Å². The minimum Gasteiger partial charge on any atom is -0.496 e. The van der Waals surface area contributed by atoms with Crippen molar-refractivity contribution in [1.82, 2.24) is 4.98 Å². The maximum atomic E-state index is 13.5. The Balaban J connectivity index is 1.82. The molecule has 0 spiro atoms. The number of anilines is 1. The lowest BCUT2D eigenvalue weighted by Crippen LogP contribution is -2.25. The molecular formula is C15H13Cl2FN2O2S. The van der Waals surface area contributed by atoms with Crippen molar-refractivity contribution in [2.45, 2.75) is 17.7 Å².